The number of hydrogen-bond donors (Lipinski definition) is 0. The number of quaternary nitrogens is 1. The molecule has 3 aliphatic rings. The van der Waals surface area contributed by atoms with E-state index in [1.807, 2.05) is 72.8 Å². The molecule has 3 aromatic rings. The highest BCUT2D eigenvalue weighted by molar-refractivity contribution is 5.87. The van der Waals surface area contributed by atoms with Crippen molar-refractivity contribution in [3.8, 4) is 11.8 Å². The molecule has 0 spiro atoms. The van der Waals surface area contributed by atoms with Gasteiger partial charge in [0.15, 0.2) is 0 Å². The number of fused-ring (bicyclic) bond motifs is 3. The molecule has 3 saturated heterocycles. The molecule has 0 aliphatic carbocycles. The molecule has 6 heteroatoms. The summed E-state index contributed by atoms with van der Waals surface area (Å²) in [4.78, 5) is 15.4. The van der Waals surface area contributed by atoms with E-state index in [9.17, 15) is 4.79 Å². The van der Waals surface area contributed by atoms with Crippen LogP contribution in [0.4, 0.5) is 10.5 Å². The van der Waals surface area contributed by atoms with Crippen LogP contribution in [0.3, 0.4) is 0 Å². The van der Waals surface area contributed by atoms with Crippen LogP contribution >= 0.6 is 0 Å². The Morgan fingerprint density at radius 2 is 1.70 bits per heavy atom. The van der Waals surface area contributed by atoms with Gasteiger partial charge < -0.3 is 9.47 Å². The number of amides is 1. The maximum absolute atomic E-state index is 13.7. The Labute approximate surface area is 219 Å². The Kier molecular flexibility index (Phi) is 7.72. The third-order valence-electron chi connectivity index (χ3n) is 7.80. The van der Waals surface area contributed by atoms with Crippen molar-refractivity contribution < 1.29 is 18.8 Å². The first kappa shape index (κ1) is 24.9. The van der Waals surface area contributed by atoms with E-state index >= 15 is 0 Å². The smallest absolute Gasteiger partial charge is 0.419 e. The highest BCUT2D eigenvalue weighted by Gasteiger charge is 2.49. The highest BCUT2D eigenvalue weighted by atomic mass is 16.6. The number of nitrogens with zero attached hydrogens (tertiary/aromatic N) is 3. The zero-order chi connectivity index (χ0) is 25.5. The summed E-state index contributed by atoms with van der Waals surface area (Å²) in [7, 11) is 0. The lowest BCUT2D eigenvalue weighted by atomic mass is 9.84. The molecule has 1 unspecified atom stereocenters. The first-order valence-corrected chi connectivity index (χ1v) is 13.2. The van der Waals surface area contributed by atoms with Crippen molar-refractivity contribution in [1.82, 2.24) is 0 Å². The lowest BCUT2D eigenvalue weighted by Crippen LogP contribution is -2.66. The summed E-state index contributed by atoms with van der Waals surface area (Å²) in [5.74, 6) is 1.35. The van der Waals surface area contributed by atoms with Crippen LogP contribution < -0.4 is 9.64 Å². The Morgan fingerprint density at radius 3 is 2.43 bits per heavy atom. The highest BCUT2D eigenvalue weighted by Crippen LogP contribution is 2.39. The van der Waals surface area contributed by atoms with Crippen molar-refractivity contribution in [3.63, 3.8) is 0 Å². The maximum atomic E-state index is 13.7. The average molecular weight is 497 g/mol. The van der Waals surface area contributed by atoms with Gasteiger partial charge >= 0.3 is 6.09 Å². The van der Waals surface area contributed by atoms with Gasteiger partial charge in [0, 0.05) is 31.4 Å². The summed E-state index contributed by atoms with van der Waals surface area (Å²) in [5, 5.41) is 9.12. The van der Waals surface area contributed by atoms with Crippen molar-refractivity contribution >= 4 is 11.8 Å². The monoisotopic (exact) mass is 496 g/mol. The number of rotatable bonds is 9. The maximum Gasteiger partial charge on any atom is 0.419 e. The van der Waals surface area contributed by atoms with Gasteiger partial charge in [-0.1, -0.05) is 54.6 Å². The van der Waals surface area contributed by atoms with E-state index in [2.05, 4.69) is 6.07 Å². The molecule has 0 N–H and O–H groups in total. The number of para-hydroxylation sites is 1. The van der Waals surface area contributed by atoms with Gasteiger partial charge in [-0.2, -0.15) is 5.26 Å². The number of carbonyl (C=O) groups excluding carboxylic acids is 1. The molecular formula is C31H34N3O3+. The molecule has 0 aromatic heterocycles. The van der Waals surface area contributed by atoms with Crippen molar-refractivity contribution in [3.05, 3.63) is 96.1 Å². The molecular weight excluding hydrogens is 462 g/mol. The Balaban J connectivity index is 1.26. The number of hydrogen-bond acceptors (Lipinski definition) is 4. The third-order valence-corrected chi connectivity index (χ3v) is 7.80. The predicted octanol–water partition coefficient (Wildman–Crippen LogP) is 6.13. The standard InChI is InChI=1S/C31H34N3O3/c32-23-27-11-7-14-29(21-27)36-20-8-17-34-18-15-25(16-19-34)22-30(34)37-31(35)33(28-12-5-2-6-13-28)24-26-9-3-1-4-10-26/h1-7,9-14,21,25,30H,8,15-20,22,24H2/q+1. The summed E-state index contributed by atoms with van der Waals surface area (Å²) in [6, 6.07) is 29.3. The van der Waals surface area contributed by atoms with Crippen molar-refractivity contribution in [2.75, 3.05) is 31.1 Å². The van der Waals surface area contributed by atoms with Crippen molar-refractivity contribution in [2.45, 2.75) is 38.5 Å². The molecule has 190 valence electrons. The first-order chi connectivity index (χ1) is 18.1. The normalized spacial score (nSPS) is 22.1. The molecule has 1 atom stereocenters. The molecule has 6 nitrogen and oxygen atoms in total. The van der Waals surface area contributed by atoms with Gasteiger partial charge in [-0.05, 0) is 41.8 Å². The summed E-state index contributed by atoms with van der Waals surface area (Å²) >= 11 is 0. The first-order valence-electron chi connectivity index (χ1n) is 13.2. The van der Waals surface area contributed by atoms with E-state index in [-0.39, 0.29) is 12.3 Å². The number of nitriles is 1. The van der Waals surface area contributed by atoms with Crippen LogP contribution in [0.25, 0.3) is 0 Å². The van der Waals surface area contributed by atoms with E-state index < -0.39 is 0 Å². The average Bonchev–Trinajstić information content (AvgIpc) is 2.96. The second-order valence-corrected chi connectivity index (χ2v) is 10.2. The van der Waals surface area contributed by atoms with E-state index in [1.54, 1.807) is 17.0 Å². The fraction of sp³-hybridized carbons (Fsp3) is 0.355. The number of carbonyl (C=O) groups is 1. The number of benzene rings is 3. The lowest BCUT2D eigenvalue weighted by molar-refractivity contribution is -0.984. The largest absolute Gasteiger partial charge is 0.493 e. The predicted molar refractivity (Wildman–Crippen MR) is 143 cm³/mol. The molecule has 0 radical (unpaired) electrons. The van der Waals surface area contributed by atoms with Crippen LogP contribution in [-0.2, 0) is 11.3 Å². The molecule has 3 heterocycles. The zero-order valence-electron chi connectivity index (χ0n) is 21.2. The fourth-order valence-corrected chi connectivity index (χ4v) is 5.74. The van der Waals surface area contributed by atoms with Crippen LogP contribution in [0.5, 0.6) is 5.75 Å². The van der Waals surface area contributed by atoms with Gasteiger partial charge in [0.1, 0.15) is 5.75 Å². The topological polar surface area (TPSA) is 62.6 Å². The molecule has 0 saturated carbocycles. The molecule has 1 amide bonds. The fourth-order valence-electron chi connectivity index (χ4n) is 5.74. The van der Waals surface area contributed by atoms with Gasteiger partial charge in [-0.15, -0.1) is 0 Å². The van der Waals surface area contributed by atoms with Gasteiger partial charge in [-0.25, -0.2) is 4.79 Å². The second kappa shape index (κ2) is 11.5. The Bertz CT molecular complexity index is 1220. The van der Waals surface area contributed by atoms with Crippen LogP contribution in [0.15, 0.2) is 84.9 Å². The molecule has 3 aliphatic heterocycles. The lowest BCUT2D eigenvalue weighted by Gasteiger charge is -2.53. The zero-order valence-corrected chi connectivity index (χ0v) is 21.2. The van der Waals surface area contributed by atoms with Crippen LogP contribution in [-0.4, -0.2) is 43.0 Å². The number of ether oxygens (including phenoxy) is 2. The summed E-state index contributed by atoms with van der Waals surface area (Å²) in [6.45, 7) is 4.03. The van der Waals surface area contributed by atoms with E-state index in [1.165, 1.54) is 12.8 Å². The van der Waals surface area contributed by atoms with Gasteiger partial charge in [-0.3, -0.25) is 9.38 Å². The van der Waals surface area contributed by atoms with E-state index in [0.29, 0.717) is 24.6 Å². The quantitative estimate of drug-likeness (QED) is 0.264. The van der Waals surface area contributed by atoms with Crippen LogP contribution in [0, 0.1) is 17.2 Å². The SMILES string of the molecule is N#Cc1cccc(OCCC[N+]23CCC(CC2)CC3OC(=O)N(Cc2ccccc2)c2ccccc2)c1. The van der Waals surface area contributed by atoms with E-state index in [4.69, 9.17) is 14.7 Å². The van der Waals surface area contributed by atoms with E-state index in [0.717, 1.165) is 54.0 Å². The second-order valence-electron chi connectivity index (χ2n) is 10.2. The van der Waals surface area contributed by atoms with Crippen molar-refractivity contribution in [1.29, 1.82) is 5.26 Å². The third kappa shape index (κ3) is 5.95. The summed E-state index contributed by atoms with van der Waals surface area (Å²) < 4.78 is 13.1. The Hall–Kier alpha value is -3.82. The molecule has 3 aromatic carbocycles. The summed E-state index contributed by atoms with van der Waals surface area (Å²) in [6.07, 6.45) is 3.74. The Morgan fingerprint density at radius 1 is 0.973 bits per heavy atom. The van der Waals surface area contributed by atoms with Crippen LogP contribution in [0.1, 0.15) is 36.8 Å². The molecule has 2 bridgehead atoms. The minimum atomic E-state index is -0.283. The minimum Gasteiger partial charge on any atom is -0.493 e. The molecule has 3 fully saturated rings. The van der Waals surface area contributed by atoms with Gasteiger partial charge in [0.25, 0.3) is 0 Å². The van der Waals surface area contributed by atoms with Crippen molar-refractivity contribution in [2.24, 2.45) is 5.92 Å². The molecule has 6 rings (SSSR count). The van der Waals surface area contributed by atoms with Crippen LogP contribution in [0.2, 0.25) is 0 Å². The minimum absolute atomic E-state index is 0.135. The number of piperidine rings is 3. The van der Waals surface area contributed by atoms with Gasteiger partial charge in [0.2, 0.25) is 6.23 Å². The number of anilines is 1. The van der Waals surface area contributed by atoms with Gasteiger partial charge in [0.05, 0.1) is 44.4 Å². The summed E-state index contributed by atoms with van der Waals surface area (Å²) in [5.41, 5.74) is 2.50. The molecule has 37 heavy (non-hydrogen) atoms.